The number of hydrogen-bond donors (Lipinski definition) is 2. The maximum atomic E-state index is 12.5. The number of benzene rings is 1. The normalized spacial score (nSPS) is 16.1. The molecule has 9 heteroatoms. The molecule has 1 unspecified atom stereocenters. The van der Waals surface area contributed by atoms with Gasteiger partial charge < -0.3 is 15.3 Å². The van der Waals surface area contributed by atoms with E-state index in [9.17, 15) is 14.4 Å². The summed E-state index contributed by atoms with van der Waals surface area (Å²) in [7, 11) is 0. The number of nitrogens with one attached hydrogen (secondary N) is 1. The highest BCUT2D eigenvalue weighted by Gasteiger charge is 2.27. The summed E-state index contributed by atoms with van der Waals surface area (Å²) in [6.07, 6.45) is 5.99. The Morgan fingerprint density at radius 2 is 1.93 bits per heavy atom. The van der Waals surface area contributed by atoms with Crippen molar-refractivity contribution in [1.29, 1.82) is 0 Å². The van der Waals surface area contributed by atoms with E-state index in [1.54, 1.807) is 17.9 Å². The molecule has 158 valence electrons. The highest BCUT2D eigenvalue weighted by atomic mass is 35.5. The second-order valence-electron chi connectivity index (χ2n) is 6.93. The van der Waals surface area contributed by atoms with Gasteiger partial charge in [-0.1, -0.05) is 29.3 Å². The molecule has 0 aliphatic carbocycles. The molecular weight excluding hydrogens is 435 g/mol. The SMILES string of the molecule is CSc1ccc(C=CC(=O)N2CCC(C(=O)NC(C)CC(=O)O)CC2)c(Cl)c1Cl. The van der Waals surface area contributed by atoms with E-state index in [4.69, 9.17) is 28.3 Å². The van der Waals surface area contributed by atoms with E-state index < -0.39 is 12.0 Å². The van der Waals surface area contributed by atoms with E-state index >= 15 is 0 Å². The summed E-state index contributed by atoms with van der Waals surface area (Å²) in [5.41, 5.74) is 0.671. The van der Waals surface area contributed by atoms with Crippen molar-refractivity contribution >= 4 is 58.8 Å². The van der Waals surface area contributed by atoms with Crippen LogP contribution in [0, 0.1) is 5.92 Å². The average Bonchev–Trinajstić information content (AvgIpc) is 2.68. The number of hydrogen-bond acceptors (Lipinski definition) is 4. The van der Waals surface area contributed by atoms with E-state index in [-0.39, 0.29) is 24.2 Å². The van der Waals surface area contributed by atoms with Crippen LogP contribution in [-0.4, -0.2) is 53.2 Å². The Balaban J connectivity index is 1.89. The van der Waals surface area contributed by atoms with Crippen molar-refractivity contribution in [2.24, 2.45) is 5.92 Å². The topological polar surface area (TPSA) is 86.7 Å². The van der Waals surface area contributed by atoms with Gasteiger partial charge in [-0.2, -0.15) is 0 Å². The number of amides is 2. The van der Waals surface area contributed by atoms with Crippen LogP contribution in [0.4, 0.5) is 0 Å². The minimum atomic E-state index is -0.950. The Labute approximate surface area is 184 Å². The maximum Gasteiger partial charge on any atom is 0.305 e. The van der Waals surface area contributed by atoms with Crippen LogP contribution < -0.4 is 5.32 Å². The molecule has 1 aliphatic rings. The second kappa shape index (κ2) is 10.9. The number of carboxylic acids is 1. The van der Waals surface area contributed by atoms with Gasteiger partial charge in [0.1, 0.15) is 0 Å². The lowest BCUT2D eigenvalue weighted by Crippen LogP contribution is -2.44. The summed E-state index contributed by atoms with van der Waals surface area (Å²) in [5.74, 6) is -1.47. The molecule has 0 spiro atoms. The summed E-state index contributed by atoms with van der Waals surface area (Å²) in [4.78, 5) is 38.0. The molecule has 1 aromatic carbocycles. The number of likely N-dealkylation sites (tertiary alicyclic amines) is 1. The zero-order chi connectivity index (χ0) is 21.6. The molecule has 29 heavy (non-hydrogen) atoms. The fraction of sp³-hybridized carbons (Fsp3) is 0.450. The zero-order valence-corrected chi connectivity index (χ0v) is 18.6. The molecule has 2 rings (SSSR count). The van der Waals surface area contributed by atoms with Crippen molar-refractivity contribution in [2.75, 3.05) is 19.3 Å². The number of halogens is 2. The van der Waals surface area contributed by atoms with Crippen LogP contribution in [0.5, 0.6) is 0 Å². The molecule has 0 radical (unpaired) electrons. The fourth-order valence-corrected chi connectivity index (χ4v) is 4.31. The summed E-state index contributed by atoms with van der Waals surface area (Å²) >= 11 is 14.0. The van der Waals surface area contributed by atoms with Crippen molar-refractivity contribution in [3.63, 3.8) is 0 Å². The van der Waals surface area contributed by atoms with Gasteiger partial charge >= 0.3 is 5.97 Å². The molecule has 1 heterocycles. The molecule has 0 saturated carbocycles. The molecule has 2 N–H and O–H groups in total. The summed E-state index contributed by atoms with van der Waals surface area (Å²) < 4.78 is 0. The van der Waals surface area contributed by atoms with Crippen LogP contribution >= 0.6 is 35.0 Å². The fourth-order valence-electron chi connectivity index (χ4n) is 3.14. The van der Waals surface area contributed by atoms with Crippen molar-refractivity contribution in [3.8, 4) is 0 Å². The number of thioether (sulfide) groups is 1. The number of piperidine rings is 1. The van der Waals surface area contributed by atoms with Gasteiger partial charge in [-0.15, -0.1) is 11.8 Å². The lowest BCUT2D eigenvalue weighted by molar-refractivity contribution is -0.138. The van der Waals surface area contributed by atoms with Gasteiger partial charge in [-0.05, 0) is 43.7 Å². The molecule has 1 saturated heterocycles. The standard InChI is InChI=1S/C20H24Cl2N2O4S/c1-12(11-17(26)27)23-20(28)14-7-9-24(10-8-14)16(25)6-4-13-3-5-15(29-2)19(22)18(13)21/h3-6,12,14H,7-11H2,1-2H3,(H,23,28)(H,26,27). The molecule has 0 aromatic heterocycles. The van der Waals surface area contributed by atoms with Gasteiger partial charge in [0.2, 0.25) is 11.8 Å². The monoisotopic (exact) mass is 458 g/mol. The van der Waals surface area contributed by atoms with Crippen LogP contribution in [0.25, 0.3) is 6.08 Å². The Kier molecular flexibility index (Phi) is 8.86. The van der Waals surface area contributed by atoms with Gasteiger partial charge in [-0.25, -0.2) is 0 Å². The first kappa shape index (κ1) is 23.6. The predicted octanol–water partition coefficient (Wildman–Crippen LogP) is 3.95. The maximum absolute atomic E-state index is 12.5. The van der Waals surface area contributed by atoms with E-state index in [1.165, 1.54) is 17.8 Å². The van der Waals surface area contributed by atoms with Crippen LogP contribution in [-0.2, 0) is 14.4 Å². The number of aliphatic carboxylic acids is 1. The lowest BCUT2D eigenvalue weighted by Gasteiger charge is -2.31. The number of carbonyl (C=O) groups excluding carboxylic acids is 2. The number of rotatable bonds is 7. The average molecular weight is 459 g/mol. The zero-order valence-electron chi connectivity index (χ0n) is 16.3. The van der Waals surface area contributed by atoms with Gasteiger partial charge in [0, 0.05) is 36.0 Å². The first-order chi connectivity index (χ1) is 13.7. The van der Waals surface area contributed by atoms with E-state index in [2.05, 4.69) is 5.32 Å². The Morgan fingerprint density at radius 1 is 1.28 bits per heavy atom. The second-order valence-corrected chi connectivity index (χ2v) is 8.53. The number of carbonyl (C=O) groups is 3. The number of nitrogens with zero attached hydrogens (tertiary/aromatic N) is 1. The molecule has 0 bridgehead atoms. The minimum Gasteiger partial charge on any atom is -0.481 e. The van der Waals surface area contributed by atoms with Crippen molar-refractivity contribution in [1.82, 2.24) is 10.2 Å². The van der Waals surface area contributed by atoms with Crippen LogP contribution in [0.1, 0.15) is 31.7 Å². The molecule has 1 fully saturated rings. The van der Waals surface area contributed by atoms with E-state index in [0.717, 1.165) is 4.90 Å². The Bertz CT molecular complexity index is 808. The van der Waals surface area contributed by atoms with E-state index in [1.807, 2.05) is 18.4 Å². The molecule has 1 aliphatic heterocycles. The minimum absolute atomic E-state index is 0.113. The highest BCUT2D eigenvalue weighted by Crippen LogP contribution is 2.35. The third-order valence-corrected chi connectivity index (χ3v) is 6.54. The molecule has 1 atom stereocenters. The van der Waals surface area contributed by atoms with Gasteiger partial charge in [0.05, 0.1) is 16.5 Å². The Hall–Kier alpha value is -1.70. The van der Waals surface area contributed by atoms with Crippen LogP contribution in [0.2, 0.25) is 10.0 Å². The van der Waals surface area contributed by atoms with Crippen molar-refractivity contribution in [3.05, 3.63) is 33.8 Å². The third kappa shape index (κ3) is 6.66. The largest absolute Gasteiger partial charge is 0.481 e. The van der Waals surface area contributed by atoms with Gasteiger partial charge in [-0.3, -0.25) is 14.4 Å². The van der Waals surface area contributed by atoms with Crippen LogP contribution in [0.15, 0.2) is 23.1 Å². The first-order valence-corrected chi connectivity index (χ1v) is 11.2. The molecule has 2 amide bonds. The first-order valence-electron chi connectivity index (χ1n) is 9.24. The van der Waals surface area contributed by atoms with Gasteiger partial charge in [0.15, 0.2) is 0 Å². The lowest BCUT2D eigenvalue weighted by atomic mass is 9.95. The van der Waals surface area contributed by atoms with Crippen molar-refractivity contribution < 1.29 is 19.5 Å². The van der Waals surface area contributed by atoms with Gasteiger partial charge in [0.25, 0.3) is 0 Å². The number of carboxylic acid groups (broad SMARTS) is 1. The molecule has 6 nitrogen and oxygen atoms in total. The summed E-state index contributed by atoms with van der Waals surface area (Å²) in [6.45, 7) is 2.60. The van der Waals surface area contributed by atoms with E-state index in [0.29, 0.717) is 41.5 Å². The molecular formula is C20H24Cl2N2O4S. The molecule has 1 aromatic rings. The highest BCUT2D eigenvalue weighted by molar-refractivity contribution is 7.98. The van der Waals surface area contributed by atoms with Crippen LogP contribution in [0.3, 0.4) is 0 Å². The smallest absolute Gasteiger partial charge is 0.305 e. The summed E-state index contributed by atoms with van der Waals surface area (Å²) in [5, 5.41) is 12.4. The summed E-state index contributed by atoms with van der Waals surface area (Å²) in [6, 6.07) is 3.26. The van der Waals surface area contributed by atoms with Crippen molar-refractivity contribution in [2.45, 2.75) is 37.1 Å². The predicted molar refractivity (Wildman–Crippen MR) is 116 cm³/mol. The Morgan fingerprint density at radius 3 is 2.52 bits per heavy atom. The quantitative estimate of drug-likeness (QED) is 0.477. The third-order valence-electron chi connectivity index (χ3n) is 4.75.